The van der Waals surface area contributed by atoms with E-state index in [4.69, 9.17) is 4.74 Å². The molecular weight excluding hydrogens is 260 g/mol. The lowest BCUT2D eigenvalue weighted by molar-refractivity contribution is -0.109. The van der Waals surface area contributed by atoms with Gasteiger partial charge in [0.05, 0.1) is 6.61 Å². The molecule has 2 aromatic rings. The van der Waals surface area contributed by atoms with Gasteiger partial charge in [0.15, 0.2) is 0 Å². The average molecular weight is 276 g/mol. The van der Waals surface area contributed by atoms with Crippen LogP contribution in [-0.2, 0) is 9.53 Å². The molecule has 0 amide bonds. The number of benzene rings is 2. The second-order valence-electron chi connectivity index (χ2n) is 4.29. The number of carbonyl (C=O) groups excluding carboxylic acids is 1. The third-order valence-corrected chi connectivity index (χ3v) is 2.72. The van der Waals surface area contributed by atoms with E-state index < -0.39 is 0 Å². The highest BCUT2D eigenvalue weighted by molar-refractivity contribution is 6.08. The molecule has 0 bridgehead atoms. The van der Waals surface area contributed by atoms with Crippen molar-refractivity contribution in [3.05, 3.63) is 77.9 Å². The number of hydrogen-bond donors (Lipinski definition) is 0. The molecule has 104 valence electrons. The van der Waals surface area contributed by atoms with Crippen LogP contribution >= 0.6 is 0 Å². The number of ether oxygens (including phenoxy) is 1. The van der Waals surface area contributed by atoms with Crippen molar-refractivity contribution >= 4 is 11.5 Å². The molecule has 0 saturated heterocycles. The molecule has 21 heavy (non-hydrogen) atoms. The van der Waals surface area contributed by atoms with Crippen LogP contribution in [0.1, 0.15) is 18.1 Å². The van der Waals surface area contributed by atoms with E-state index in [2.05, 4.69) is 11.8 Å². The molecule has 2 nitrogen and oxygen atoms in total. The van der Waals surface area contributed by atoms with Crippen LogP contribution in [0.2, 0.25) is 0 Å². The van der Waals surface area contributed by atoms with Crippen LogP contribution in [-0.4, -0.2) is 12.4 Å². The Morgan fingerprint density at radius 1 is 1.05 bits per heavy atom. The van der Waals surface area contributed by atoms with Gasteiger partial charge in [-0.3, -0.25) is 4.79 Å². The zero-order chi connectivity index (χ0) is 14.9. The average Bonchev–Trinajstić information content (AvgIpc) is 2.54. The first kappa shape index (κ1) is 14.6. The molecule has 0 radical (unpaired) electrons. The Morgan fingerprint density at radius 2 is 1.67 bits per heavy atom. The molecule has 2 aromatic carbocycles. The Hall–Kier alpha value is -2.79. The third-order valence-electron chi connectivity index (χ3n) is 2.72. The molecule has 0 atom stereocenters. The summed E-state index contributed by atoms with van der Waals surface area (Å²) in [5, 5.41) is 0. The summed E-state index contributed by atoms with van der Waals surface area (Å²) in [6.07, 6.45) is 1.44. The van der Waals surface area contributed by atoms with Crippen molar-refractivity contribution < 1.29 is 9.53 Å². The minimum atomic E-state index is -0.272. The highest BCUT2D eigenvalue weighted by Crippen LogP contribution is 2.15. The van der Waals surface area contributed by atoms with E-state index in [1.165, 1.54) is 6.08 Å². The highest BCUT2D eigenvalue weighted by Gasteiger charge is 2.03. The van der Waals surface area contributed by atoms with E-state index in [-0.39, 0.29) is 5.78 Å². The summed E-state index contributed by atoms with van der Waals surface area (Å²) in [5.74, 6) is 5.73. The smallest absolute Gasteiger partial charge is 0.232 e. The van der Waals surface area contributed by atoms with Gasteiger partial charge >= 0.3 is 0 Å². The first-order chi connectivity index (χ1) is 10.3. The molecule has 0 aliphatic carbocycles. The molecule has 2 rings (SSSR count). The molecule has 0 unspecified atom stereocenters. The largest absolute Gasteiger partial charge is 0.493 e. The summed E-state index contributed by atoms with van der Waals surface area (Å²) in [6, 6.07) is 19.0. The lowest BCUT2D eigenvalue weighted by Gasteiger charge is -2.07. The summed E-state index contributed by atoms with van der Waals surface area (Å²) in [6.45, 7) is 2.39. The summed E-state index contributed by atoms with van der Waals surface area (Å²) in [4.78, 5) is 11.9. The Balaban J connectivity index is 2.19. The Kier molecular flexibility index (Phi) is 5.37. The first-order valence-electron chi connectivity index (χ1n) is 6.80. The SMILES string of the molecule is CCO/C(=C\C(=O)C#Cc1ccccc1)c1ccccc1. The van der Waals surface area contributed by atoms with Crippen LogP contribution < -0.4 is 0 Å². The maximum absolute atomic E-state index is 11.9. The Bertz CT molecular complexity index is 674. The quantitative estimate of drug-likeness (QED) is 0.483. The Labute approximate surface area is 125 Å². The van der Waals surface area contributed by atoms with Gasteiger partial charge in [0.1, 0.15) is 5.76 Å². The van der Waals surface area contributed by atoms with Crippen molar-refractivity contribution in [3.63, 3.8) is 0 Å². The van der Waals surface area contributed by atoms with Gasteiger partial charge in [-0.05, 0) is 25.0 Å². The van der Waals surface area contributed by atoms with Crippen LogP contribution in [0.25, 0.3) is 5.76 Å². The molecule has 0 heterocycles. The van der Waals surface area contributed by atoms with Crippen molar-refractivity contribution in [2.75, 3.05) is 6.61 Å². The highest BCUT2D eigenvalue weighted by atomic mass is 16.5. The van der Waals surface area contributed by atoms with Crippen LogP contribution in [0.15, 0.2) is 66.7 Å². The van der Waals surface area contributed by atoms with Crippen molar-refractivity contribution in [3.8, 4) is 11.8 Å². The number of ketones is 1. The summed E-state index contributed by atoms with van der Waals surface area (Å²) in [5.41, 5.74) is 1.69. The fourth-order valence-electron chi connectivity index (χ4n) is 1.78. The van der Waals surface area contributed by atoms with Crippen LogP contribution in [0.3, 0.4) is 0 Å². The van der Waals surface area contributed by atoms with E-state index >= 15 is 0 Å². The number of rotatable bonds is 4. The minimum absolute atomic E-state index is 0.272. The number of carbonyl (C=O) groups is 1. The van der Waals surface area contributed by atoms with Crippen LogP contribution in [0.4, 0.5) is 0 Å². The van der Waals surface area contributed by atoms with E-state index in [1.54, 1.807) is 0 Å². The standard InChI is InChI=1S/C19H16O2/c1-2-21-19(17-11-7-4-8-12-17)15-18(20)14-13-16-9-5-3-6-10-16/h3-12,15H,2H2,1H3/b19-15-. The van der Waals surface area contributed by atoms with Gasteiger partial charge < -0.3 is 4.74 Å². The van der Waals surface area contributed by atoms with Crippen molar-refractivity contribution in [1.29, 1.82) is 0 Å². The minimum Gasteiger partial charge on any atom is -0.493 e. The third kappa shape index (κ3) is 4.67. The maximum Gasteiger partial charge on any atom is 0.232 e. The molecule has 0 saturated carbocycles. The van der Waals surface area contributed by atoms with Gasteiger partial charge in [0.2, 0.25) is 5.78 Å². The van der Waals surface area contributed by atoms with E-state index in [1.807, 2.05) is 67.6 Å². The monoisotopic (exact) mass is 276 g/mol. The second kappa shape index (κ2) is 7.72. The molecule has 0 spiro atoms. The van der Waals surface area contributed by atoms with Crippen LogP contribution in [0, 0.1) is 11.8 Å². The van der Waals surface area contributed by atoms with Crippen molar-refractivity contribution in [1.82, 2.24) is 0 Å². The van der Waals surface area contributed by atoms with Gasteiger partial charge in [-0.25, -0.2) is 0 Å². The lowest BCUT2D eigenvalue weighted by Crippen LogP contribution is -1.96. The predicted octanol–water partition coefficient (Wildman–Crippen LogP) is 3.68. The Morgan fingerprint density at radius 3 is 2.29 bits per heavy atom. The molecule has 0 aliphatic heterocycles. The van der Waals surface area contributed by atoms with Crippen molar-refractivity contribution in [2.24, 2.45) is 0 Å². The summed E-state index contributed by atoms with van der Waals surface area (Å²) in [7, 11) is 0. The van der Waals surface area contributed by atoms with Gasteiger partial charge in [0.25, 0.3) is 0 Å². The van der Waals surface area contributed by atoms with E-state index in [0.29, 0.717) is 12.4 Å². The topological polar surface area (TPSA) is 26.3 Å². The van der Waals surface area contributed by atoms with Gasteiger partial charge in [-0.15, -0.1) is 0 Å². The molecule has 0 aromatic heterocycles. The first-order valence-corrected chi connectivity index (χ1v) is 6.80. The fraction of sp³-hybridized carbons (Fsp3) is 0.105. The molecular formula is C19H16O2. The van der Waals surface area contributed by atoms with Gasteiger partial charge in [0, 0.05) is 17.2 Å². The molecule has 0 N–H and O–H groups in total. The predicted molar refractivity (Wildman–Crippen MR) is 84.4 cm³/mol. The van der Waals surface area contributed by atoms with Crippen molar-refractivity contribution in [2.45, 2.75) is 6.92 Å². The van der Waals surface area contributed by atoms with E-state index in [0.717, 1.165) is 11.1 Å². The summed E-state index contributed by atoms with van der Waals surface area (Å²) >= 11 is 0. The number of allylic oxidation sites excluding steroid dienone is 1. The normalized spacial score (nSPS) is 10.4. The van der Waals surface area contributed by atoms with E-state index in [9.17, 15) is 4.79 Å². The lowest BCUT2D eigenvalue weighted by atomic mass is 10.1. The van der Waals surface area contributed by atoms with Gasteiger partial charge in [-0.1, -0.05) is 54.5 Å². The van der Waals surface area contributed by atoms with Gasteiger partial charge in [-0.2, -0.15) is 0 Å². The zero-order valence-corrected chi connectivity index (χ0v) is 11.9. The second-order valence-corrected chi connectivity index (χ2v) is 4.29. The maximum atomic E-state index is 11.9. The number of hydrogen-bond acceptors (Lipinski definition) is 2. The molecule has 2 heteroatoms. The zero-order valence-electron chi connectivity index (χ0n) is 11.9. The molecule has 0 fully saturated rings. The van der Waals surface area contributed by atoms with Crippen LogP contribution in [0.5, 0.6) is 0 Å². The fourth-order valence-corrected chi connectivity index (χ4v) is 1.78. The summed E-state index contributed by atoms with van der Waals surface area (Å²) < 4.78 is 5.52. The molecule has 0 aliphatic rings.